The smallest absolute Gasteiger partial charge is 0.191 e. The summed E-state index contributed by atoms with van der Waals surface area (Å²) in [6, 6.07) is 10.5. The highest BCUT2D eigenvalue weighted by Gasteiger charge is 2.20. The Bertz CT molecular complexity index is 635. The quantitative estimate of drug-likeness (QED) is 0.396. The molecule has 1 heterocycles. The fraction of sp³-hybridized carbons (Fsp3) is 0.444. The second-order valence-electron chi connectivity index (χ2n) is 6.04. The Morgan fingerprint density at radius 2 is 2.08 bits per heavy atom. The maximum Gasteiger partial charge on any atom is 0.191 e. The number of hydrogen-bond acceptors (Lipinski definition) is 2. The molecule has 24 heavy (non-hydrogen) atoms. The van der Waals surface area contributed by atoms with Crippen LogP contribution in [0.15, 0.2) is 47.7 Å². The Labute approximate surface area is 161 Å². The van der Waals surface area contributed by atoms with Crippen molar-refractivity contribution in [2.75, 3.05) is 13.1 Å². The molecule has 2 N–H and O–H groups in total. The van der Waals surface area contributed by atoms with Crippen molar-refractivity contribution in [1.29, 1.82) is 0 Å². The van der Waals surface area contributed by atoms with E-state index in [1.165, 1.54) is 24.0 Å². The second kappa shape index (κ2) is 9.66. The van der Waals surface area contributed by atoms with Crippen LogP contribution in [-0.4, -0.2) is 28.8 Å². The molecular weight excluding hydrogens is 413 g/mol. The molecule has 0 saturated heterocycles. The van der Waals surface area contributed by atoms with Crippen LogP contribution in [0.25, 0.3) is 0 Å². The van der Waals surface area contributed by atoms with Crippen LogP contribution in [0, 0.1) is 5.92 Å². The number of rotatable bonds is 7. The van der Waals surface area contributed by atoms with Gasteiger partial charge in [-0.3, -0.25) is 4.68 Å². The van der Waals surface area contributed by atoms with Crippen molar-refractivity contribution >= 4 is 29.9 Å². The van der Waals surface area contributed by atoms with E-state index in [0.29, 0.717) is 6.54 Å². The van der Waals surface area contributed by atoms with Gasteiger partial charge >= 0.3 is 0 Å². The molecule has 0 amide bonds. The highest BCUT2D eigenvalue weighted by atomic mass is 127. The van der Waals surface area contributed by atoms with Crippen LogP contribution in [0.3, 0.4) is 0 Å². The van der Waals surface area contributed by atoms with Gasteiger partial charge in [0.25, 0.3) is 0 Å². The van der Waals surface area contributed by atoms with E-state index in [1.807, 2.05) is 23.1 Å². The Hall–Kier alpha value is -1.57. The molecule has 3 rings (SSSR count). The van der Waals surface area contributed by atoms with Crippen molar-refractivity contribution in [3.05, 3.63) is 53.9 Å². The number of hydrogen-bond donors (Lipinski definition) is 2. The van der Waals surface area contributed by atoms with E-state index >= 15 is 0 Å². The summed E-state index contributed by atoms with van der Waals surface area (Å²) in [5.74, 6) is 1.76. The summed E-state index contributed by atoms with van der Waals surface area (Å²) in [6.07, 6.45) is 6.49. The Morgan fingerprint density at radius 3 is 2.79 bits per heavy atom. The number of benzene rings is 1. The van der Waals surface area contributed by atoms with Crippen molar-refractivity contribution < 1.29 is 0 Å². The van der Waals surface area contributed by atoms with Gasteiger partial charge in [0.2, 0.25) is 0 Å². The number of nitrogens with zero attached hydrogens (tertiary/aromatic N) is 3. The van der Waals surface area contributed by atoms with Gasteiger partial charge in [0.15, 0.2) is 5.96 Å². The minimum absolute atomic E-state index is 0. The molecular formula is C18H26IN5. The molecule has 0 spiro atoms. The molecule has 130 valence electrons. The van der Waals surface area contributed by atoms with Gasteiger partial charge in [-0.15, -0.1) is 24.0 Å². The van der Waals surface area contributed by atoms with Crippen molar-refractivity contribution in [3.63, 3.8) is 0 Å². The van der Waals surface area contributed by atoms with E-state index < -0.39 is 0 Å². The number of aromatic nitrogens is 2. The third kappa shape index (κ3) is 6.14. The summed E-state index contributed by atoms with van der Waals surface area (Å²) in [5, 5.41) is 11.0. The number of guanidine groups is 1. The normalized spacial score (nSPS) is 14.1. The fourth-order valence-electron chi connectivity index (χ4n) is 2.48. The first-order chi connectivity index (χ1) is 11.3. The molecule has 1 aromatic carbocycles. The van der Waals surface area contributed by atoms with Gasteiger partial charge < -0.3 is 10.6 Å². The third-order valence-corrected chi connectivity index (χ3v) is 3.91. The average molecular weight is 439 g/mol. The van der Waals surface area contributed by atoms with Gasteiger partial charge in [-0.2, -0.15) is 5.10 Å². The van der Waals surface area contributed by atoms with E-state index in [2.05, 4.69) is 46.9 Å². The fourth-order valence-corrected chi connectivity index (χ4v) is 2.48. The first kappa shape index (κ1) is 18.8. The minimum atomic E-state index is 0. The Morgan fingerprint density at radius 1 is 1.25 bits per heavy atom. The topological polar surface area (TPSA) is 54.2 Å². The predicted octanol–water partition coefficient (Wildman–Crippen LogP) is 3.01. The van der Waals surface area contributed by atoms with E-state index in [4.69, 9.17) is 4.99 Å². The van der Waals surface area contributed by atoms with Gasteiger partial charge in [0.1, 0.15) is 0 Å². The number of aliphatic imine (C=N–C) groups is 1. The van der Waals surface area contributed by atoms with Gasteiger partial charge in [0, 0.05) is 25.5 Å². The molecule has 5 nitrogen and oxygen atoms in total. The summed E-state index contributed by atoms with van der Waals surface area (Å²) < 4.78 is 1.93. The molecule has 1 fully saturated rings. The first-order valence-electron chi connectivity index (χ1n) is 8.41. The molecule has 1 aromatic heterocycles. The molecule has 1 aliphatic rings. The maximum atomic E-state index is 4.69. The van der Waals surface area contributed by atoms with E-state index in [0.717, 1.165) is 31.5 Å². The predicted molar refractivity (Wildman–Crippen MR) is 109 cm³/mol. The molecule has 0 aliphatic heterocycles. The van der Waals surface area contributed by atoms with Gasteiger partial charge in [-0.25, -0.2) is 4.99 Å². The molecule has 2 aromatic rings. The van der Waals surface area contributed by atoms with Crippen LogP contribution >= 0.6 is 24.0 Å². The Balaban J connectivity index is 0.00000208. The summed E-state index contributed by atoms with van der Waals surface area (Å²) in [4.78, 5) is 4.69. The van der Waals surface area contributed by atoms with Crippen molar-refractivity contribution in [3.8, 4) is 0 Å². The molecule has 0 unspecified atom stereocenters. The van der Waals surface area contributed by atoms with Crippen LogP contribution in [0.5, 0.6) is 0 Å². The Kier molecular flexibility index (Phi) is 7.55. The summed E-state index contributed by atoms with van der Waals surface area (Å²) >= 11 is 0. The van der Waals surface area contributed by atoms with Crippen LogP contribution in [0.4, 0.5) is 0 Å². The number of nitrogens with one attached hydrogen (secondary N) is 2. The molecule has 6 heteroatoms. The largest absolute Gasteiger partial charge is 0.357 e. The molecule has 0 atom stereocenters. The third-order valence-electron chi connectivity index (χ3n) is 3.91. The summed E-state index contributed by atoms with van der Waals surface area (Å²) in [5.41, 5.74) is 2.47. The number of halogens is 1. The average Bonchev–Trinajstić information content (AvgIpc) is 3.26. The standard InChI is InChI=1S/C18H25N5.HI/c1-2-19-18(20-12-15-7-8-15)21-13-16-5-3-6-17(11-16)14-23-10-4-9-22-23;/h3-6,9-11,15H,2,7-8,12-14H2,1H3,(H2,19,20,21);1H. The van der Waals surface area contributed by atoms with Crippen LogP contribution in [-0.2, 0) is 13.1 Å². The van der Waals surface area contributed by atoms with Gasteiger partial charge in [-0.1, -0.05) is 24.3 Å². The minimum Gasteiger partial charge on any atom is -0.357 e. The van der Waals surface area contributed by atoms with Crippen molar-refractivity contribution in [1.82, 2.24) is 20.4 Å². The molecule has 1 saturated carbocycles. The summed E-state index contributed by atoms with van der Waals surface area (Å²) in [7, 11) is 0. The lowest BCUT2D eigenvalue weighted by Crippen LogP contribution is -2.38. The van der Waals surface area contributed by atoms with Gasteiger partial charge in [-0.05, 0) is 42.9 Å². The van der Waals surface area contributed by atoms with E-state index in [1.54, 1.807) is 0 Å². The van der Waals surface area contributed by atoms with Crippen LogP contribution in [0.1, 0.15) is 30.9 Å². The van der Waals surface area contributed by atoms with Gasteiger partial charge in [0.05, 0.1) is 13.1 Å². The monoisotopic (exact) mass is 439 g/mol. The zero-order valence-corrected chi connectivity index (χ0v) is 16.4. The zero-order chi connectivity index (χ0) is 15.9. The van der Waals surface area contributed by atoms with Crippen molar-refractivity contribution in [2.24, 2.45) is 10.9 Å². The second-order valence-corrected chi connectivity index (χ2v) is 6.04. The molecule has 0 radical (unpaired) electrons. The lowest BCUT2D eigenvalue weighted by Gasteiger charge is -2.11. The lowest BCUT2D eigenvalue weighted by atomic mass is 10.1. The summed E-state index contributed by atoms with van der Waals surface area (Å²) in [6.45, 7) is 5.50. The van der Waals surface area contributed by atoms with Crippen molar-refractivity contribution in [2.45, 2.75) is 32.9 Å². The zero-order valence-electron chi connectivity index (χ0n) is 14.1. The van der Waals surface area contributed by atoms with Crippen LogP contribution in [0.2, 0.25) is 0 Å². The van der Waals surface area contributed by atoms with Crippen LogP contribution < -0.4 is 10.6 Å². The maximum absolute atomic E-state index is 4.69. The lowest BCUT2D eigenvalue weighted by molar-refractivity contribution is 0.686. The molecule has 0 bridgehead atoms. The first-order valence-corrected chi connectivity index (χ1v) is 8.41. The van der Waals surface area contributed by atoms with E-state index in [-0.39, 0.29) is 24.0 Å². The highest BCUT2D eigenvalue weighted by molar-refractivity contribution is 14.0. The van der Waals surface area contributed by atoms with E-state index in [9.17, 15) is 0 Å². The molecule has 1 aliphatic carbocycles. The SMILES string of the molecule is CCNC(=NCc1cccc(Cn2cccn2)c1)NCC1CC1.I. The highest BCUT2D eigenvalue weighted by Crippen LogP contribution is 2.27.